The summed E-state index contributed by atoms with van der Waals surface area (Å²) in [7, 11) is 0. The van der Waals surface area contributed by atoms with Crippen molar-refractivity contribution in [2.75, 3.05) is 0 Å². The standard InChI is InChI=1S/C20H22O4/c1-2-3-6-15-18(19(21)23-16-11-7-4-8-12-16)20(22)24-17-13-9-5-10-14-17/h4-5,7-14,18H,2-3,6,15H2,1H3. The van der Waals surface area contributed by atoms with E-state index in [1.807, 2.05) is 12.1 Å². The van der Waals surface area contributed by atoms with E-state index in [0.717, 1.165) is 19.3 Å². The molecule has 126 valence electrons. The molecule has 0 aliphatic carbocycles. The zero-order valence-corrected chi connectivity index (χ0v) is 13.8. The van der Waals surface area contributed by atoms with Crippen LogP contribution < -0.4 is 9.47 Å². The molecule has 0 aliphatic heterocycles. The molecule has 2 aromatic carbocycles. The molecule has 4 nitrogen and oxygen atoms in total. The summed E-state index contributed by atoms with van der Waals surface area (Å²) in [5.41, 5.74) is 0. The normalized spacial score (nSPS) is 10.4. The molecule has 0 heterocycles. The van der Waals surface area contributed by atoms with Crippen LogP contribution in [0.4, 0.5) is 0 Å². The summed E-state index contributed by atoms with van der Waals surface area (Å²) in [5, 5.41) is 0. The third-order valence-electron chi connectivity index (χ3n) is 3.59. The first-order chi connectivity index (χ1) is 11.7. The maximum Gasteiger partial charge on any atom is 0.325 e. The summed E-state index contributed by atoms with van der Waals surface area (Å²) >= 11 is 0. The first-order valence-corrected chi connectivity index (χ1v) is 8.24. The summed E-state index contributed by atoms with van der Waals surface area (Å²) in [6.45, 7) is 2.07. The van der Waals surface area contributed by atoms with Crippen LogP contribution in [0.1, 0.15) is 32.6 Å². The zero-order chi connectivity index (χ0) is 17.2. The van der Waals surface area contributed by atoms with Gasteiger partial charge >= 0.3 is 11.9 Å². The second-order valence-electron chi connectivity index (χ2n) is 5.52. The van der Waals surface area contributed by atoms with E-state index >= 15 is 0 Å². The van der Waals surface area contributed by atoms with E-state index in [1.165, 1.54) is 0 Å². The molecule has 4 heteroatoms. The van der Waals surface area contributed by atoms with Gasteiger partial charge in [0.1, 0.15) is 11.5 Å². The van der Waals surface area contributed by atoms with Gasteiger partial charge < -0.3 is 9.47 Å². The van der Waals surface area contributed by atoms with E-state index in [2.05, 4.69) is 6.92 Å². The molecule has 0 fully saturated rings. The number of carbonyl (C=O) groups excluding carboxylic acids is 2. The molecule has 0 aliphatic rings. The largest absolute Gasteiger partial charge is 0.426 e. The quantitative estimate of drug-likeness (QED) is 0.312. The van der Waals surface area contributed by atoms with Crippen LogP contribution in [0.3, 0.4) is 0 Å². The van der Waals surface area contributed by atoms with E-state index in [4.69, 9.17) is 9.47 Å². The Bertz CT molecular complexity index is 584. The number of benzene rings is 2. The molecular weight excluding hydrogens is 304 g/mol. The van der Waals surface area contributed by atoms with Crippen LogP contribution in [0, 0.1) is 5.92 Å². The zero-order valence-electron chi connectivity index (χ0n) is 13.8. The Morgan fingerprint density at radius 1 is 0.792 bits per heavy atom. The molecule has 0 amide bonds. The molecule has 24 heavy (non-hydrogen) atoms. The van der Waals surface area contributed by atoms with Crippen molar-refractivity contribution >= 4 is 11.9 Å². The Balaban J connectivity index is 2.05. The van der Waals surface area contributed by atoms with E-state index in [0.29, 0.717) is 17.9 Å². The maximum absolute atomic E-state index is 12.4. The molecule has 0 bridgehead atoms. The predicted molar refractivity (Wildman–Crippen MR) is 91.8 cm³/mol. The molecule has 2 rings (SSSR count). The summed E-state index contributed by atoms with van der Waals surface area (Å²) in [4.78, 5) is 24.8. The minimum absolute atomic E-state index is 0.422. The lowest BCUT2D eigenvalue weighted by Crippen LogP contribution is -2.31. The van der Waals surface area contributed by atoms with Crippen molar-refractivity contribution in [1.29, 1.82) is 0 Å². The molecule has 0 aromatic heterocycles. The van der Waals surface area contributed by atoms with Crippen molar-refractivity contribution in [2.45, 2.75) is 32.6 Å². The highest BCUT2D eigenvalue weighted by Crippen LogP contribution is 2.19. The van der Waals surface area contributed by atoms with Crippen LogP contribution in [0.2, 0.25) is 0 Å². The van der Waals surface area contributed by atoms with Gasteiger partial charge in [0.2, 0.25) is 0 Å². The summed E-state index contributed by atoms with van der Waals surface area (Å²) in [6.07, 6.45) is 3.15. The molecule has 2 aromatic rings. The van der Waals surface area contributed by atoms with Crippen LogP contribution in [-0.2, 0) is 9.59 Å². The monoisotopic (exact) mass is 326 g/mol. The lowest BCUT2D eigenvalue weighted by molar-refractivity contribution is -0.151. The minimum Gasteiger partial charge on any atom is -0.426 e. The fourth-order valence-electron chi connectivity index (χ4n) is 2.28. The van der Waals surface area contributed by atoms with Crippen LogP contribution in [0.5, 0.6) is 11.5 Å². The third-order valence-corrected chi connectivity index (χ3v) is 3.59. The van der Waals surface area contributed by atoms with Gasteiger partial charge in [-0.2, -0.15) is 0 Å². The number of carbonyl (C=O) groups is 2. The van der Waals surface area contributed by atoms with Gasteiger partial charge in [-0.15, -0.1) is 0 Å². The van der Waals surface area contributed by atoms with Crippen LogP contribution in [0.25, 0.3) is 0 Å². The van der Waals surface area contributed by atoms with Crippen molar-refractivity contribution in [3.63, 3.8) is 0 Å². The maximum atomic E-state index is 12.4. The Labute approximate surface area is 142 Å². The number of rotatable bonds is 8. The third kappa shape index (κ3) is 5.54. The minimum atomic E-state index is -0.919. The molecule has 0 N–H and O–H groups in total. The van der Waals surface area contributed by atoms with Crippen molar-refractivity contribution in [2.24, 2.45) is 5.92 Å². The second-order valence-corrected chi connectivity index (χ2v) is 5.52. The highest BCUT2D eigenvalue weighted by atomic mass is 16.6. The van der Waals surface area contributed by atoms with Gasteiger partial charge in [0, 0.05) is 0 Å². The van der Waals surface area contributed by atoms with Crippen LogP contribution in [-0.4, -0.2) is 11.9 Å². The lowest BCUT2D eigenvalue weighted by Gasteiger charge is -2.15. The fourth-order valence-corrected chi connectivity index (χ4v) is 2.28. The first kappa shape index (κ1) is 17.7. The molecule has 0 radical (unpaired) electrons. The van der Waals surface area contributed by atoms with Gasteiger partial charge in [0.25, 0.3) is 0 Å². The van der Waals surface area contributed by atoms with Crippen LogP contribution in [0.15, 0.2) is 60.7 Å². The van der Waals surface area contributed by atoms with Crippen molar-refractivity contribution in [3.05, 3.63) is 60.7 Å². The van der Waals surface area contributed by atoms with Crippen molar-refractivity contribution in [3.8, 4) is 11.5 Å². The fraction of sp³-hybridized carbons (Fsp3) is 0.300. The average molecular weight is 326 g/mol. The van der Waals surface area contributed by atoms with Gasteiger partial charge in [-0.25, -0.2) is 0 Å². The van der Waals surface area contributed by atoms with Crippen molar-refractivity contribution in [1.82, 2.24) is 0 Å². The summed E-state index contributed by atoms with van der Waals surface area (Å²) < 4.78 is 10.7. The topological polar surface area (TPSA) is 52.6 Å². The number of unbranched alkanes of at least 4 members (excludes halogenated alkanes) is 2. The van der Waals surface area contributed by atoms with Gasteiger partial charge in [-0.05, 0) is 30.7 Å². The van der Waals surface area contributed by atoms with E-state index in [9.17, 15) is 9.59 Å². The number of para-hydroxylation sites is 2. The highest BCUT2D eigenvalue weighted by Gasteiger charge is 2.30. The SMILES string of the molecule is CCCCCC(C(=O)Oc1ccccc1)C(=O)Oc1ccccc1. The van der Waals surface area contributed by atoms with Crippen molar-refractivity contribution < 1.29 is 19.1 Å². The Hall–Kier alpha value is -2.62. The van der Waals surface area contributed by atoms with Gasteiger partial charge in [0.15, 0.2) is 5.92 Å². The Kier molecular flexibility index (Phi) is 7.02. The lowest BCUT2D eigenvalue weighted by atomic mass is 10.0. The van der Waals surface area contributed by atoms with Crippen LogP contribution >= 0.6 is 0 Å². The molecule has 0 unspecified atom stereocenters. The molecule has 0 spiro atoms. The van der Waals surface area contributed by atoms with Gasteiger partial charge in [-0.1, -0.05) is 62.6 Å². The molecular formula is C20H22O4. The summed E-state index contributed by atoms with van der Waals surface area (Å²) in [6, 6.07) is 17.5. The van der Waals surface area contributed by atoms with E-state index in [-0.39, 0.29) is 0 Å². The summed E-state index contributed by atoms with van der Waals surface area (Å²) in [5.74, 6) is -1.21. The average Bonchev–Trinajstić information content (AvgIpc) is 2.60. The van der Waals surface area contributed by atoms with E-state index < -0.39 is 17.9 Å². The molecule has 0 atom stereocenters. The number of esters is 2. The van der Waals surface area contributed by atoms with Gasteiger partial charge in [0.05, 0.1) is 0 Å². The molecule has 0 saturated heterocycles. The number of hydrogen-bond acceptors (Lipinski definition) is 4. The Morgan fingerprint density at radius 2 is 1.25 bits per heavy atom. The molecule has 0 saturated carbocycles. The number of hydrogen-bond donors (Lipinski definition) is 0. The first-order valence-electron chi connectivity index (χ1n) is 8.24. The van der Waals surface area contributed by atoms with E-state index in [1.54, 1.807) is 48.5 Å². The van der Waals surface area contributed by atoms with Gasteiger partial charge in [-0.3, -0.25) is 9.59 Å². The second kappa shape index (κ2) is 9.50. The number of ether oxygens (including phenoxy) is 2. The predicted octanol–water partition coefficient (Wildman–Crippen LogP) is 4.39. The Morgan fingerprint density at radius 3 is 1.67 bits per heavy atom. The smallest absolute Gasteiger partial charge is 0.325 e. The highest BCUT2D eigenvalue weighted by molar-refractivity contribution is 5.96.